The van der Waals surface area contributed by atoms with Gasteiger partial charge in [-0.15, -0.1) is 11.3 Å². The number of hydrogen-bond acceptors (Lipinski definition) is 2. The molecule has 1 nitrogen and oxygen atoms in total. The van der Waals surface area contributed by atoms with Gasteiger partial charge in [-0.1, -0.05) is 17.7 Å². The molecule has 0 N–H and O–H groups in total. The molecule has 2 aromatic rings. The molecule has 0 saturated heterocycles. The zero-order chi connectivity index (χ0) is 8.55. The van der Waals surface area contributed by atoms with Crippen LogP contribution in [0.4, 0.5) is 0 Å². The minimum Gasteiger partial charge on any atom is -0.192 e. The number of nitriles is 1. The van der Waals surface area contributed by atoms with Crippen LogP contribution in [0, 0.1) is 11.3 Å². The molecule has 1 aromatic heterocycles. The summed E-state index contributed by atoms with van der Waals surface area (Å²) >= 11 is 7.39. The van der Waals surface area contributed by atoms with E-state index in [-0.39, 0.29) is 0 Å². The average Bonchev–Trinajstić information content (AvgIpc) is 2.52. The Morgan fingerprint density at radius 2 is 2.17 bits per heavy atom. The molecule has 0 saturated carbocycles. The molecule has 2 rings (SSSR count). The molecular formula is C9H4ClNS. The van der Waals surface area contributed by atoms with Gasteiger partial charge in [-0.05, 0) is 22.9 Å². The highest BCUT2D eigenvalue weighted by molar-refractivity contribution is 7.17. The van der Waals surface area contributed by atoms with Crippen molar-refractivity contribution in [3.63, 3.8) is 0 Å². The van der Waals surface area contributed by atoms with Crippen molar-refractivity contribution in [2.75, 3.05) is 0 Å². The van der Waals surface area contributed by atoms with Crippen LogP contribution >= 0.6 is 22.9 Å². The summed E-state index contributed by atoms with van der Waals surface area (Å²) < 4.78 is 0.977. The maximum Gasteiger partial charge on any atom is 0.102 e. The number of rotatable bonds is 0. The molecule has 0 bridgehead atoms. The van der Waals surface area contributed by atoms with E-state index in [1.807, 2.05) is 17.5 Å². The molecule has 1 aromatic carbocycles. The second-order valence-corrected chi connectivity index (χ2v) is 3.70. The summed E-state index contributed by atoms with van der Waals surface area (Å²) in [5, 5.41) is 12.4. The summed E-state index contributed by atoms with van der Waals surface area (Å²) in [5.74, 6) is 0. The van der Waals surface area contributed by atoms with Crippen LogP contribution in [-0.2, 0) is 0 Å². The standard InChI is InChI=1S/C9H4ClNS/c10-8-2-1-6-3-4-12-9(6)7(8)5-11/h1-4H. The minimum atomic E-state index is 0.535. The number of benzene rings is 1. The summed E-state index contributed by atoms with van der Waals surface area (Å²) in [7, 11) is 0. The van der Waals surface area contributed by atoms with Crippen molar-refractivity contribution in [2.45, 2.75) is 0 Å². The lowest BCUT2D eigenvalue weighted by Crippen LogP contribution is -1.75. The van der Waals surface area contributed by atoms with Crippen molar-refractivity contribution in [1.82, 2.24) is 0 Å². The van der Waals surface area contributed by atoms with Crippen LogP contribution in [0.25, 0.3) is 10.1 Å². The summed E-state index contributed by atoms with van der Waals surface area (Å²) in [5.41, 5.74) is 0.587. The van der Waals surface area contributed by atoms with E-state index in [0.717, 1.165) is 10.1 Å². The van der Waals surface area contributed by atoms with Gasteiger partial charge in [0.1, 0.15) is 6.07 Å². The first-order chi connectivity index (χ1) is 5.83. The number of fused-ring (bicyclic) bond motifs is 1. The Morgan fingerprint density at radius 3 is 2.92 bits per heavy atom. The van der Waals surface area contributed by atoms with Crippen molar-refractivity contribution in [2.24, 2.45) is 0 Å². The zero-order valence-electron chi connectivity index (χ0n) is 6.04. The zero-order valence-corrected chi connectivity index (χ0v) is 7.62. The predicted octanol–water partition coefficient (Wildman–Crippen LogP) is 3.43. The average molecular weight is 194 g/mol. The lowest BCUT2D eigenvalue weighted by Gasteiger charge is -1.94. The molecule has 0 aliphatic rings. The van der Waals surface area contributed by atoms with E-state index in [1.165, 1.54) is 0 Å². The Morgan fingerprint density at radius 1 is 1.33 bits per heavy atom. The molecule has 0 amide bonds. The molecule has 58 valence electrons. The third-order valence-electron chi connectivity index (χ3n) is 1.68. The minimum absolute atomic E-state index is 0.535. The largest absolute Gasteiger partial charge is 0.192 e. The van der Waals surface area contributed by atoms with Gasteiger partial charge < -0.3 is 0 Å². The number of halogens is 1. The fourth-order valence-electron chi connectivity index (χ4n) is 1.11. The van der Waals surface area contributed by atoms with E-state index in [0.29, 0.717) is 10.6 Å². The molecule has 1 heterocycles. The van der Waals surface area contributed by atoms with Crippen LogP contribution in [0.3, 0.4) is 0 Å². The lowest BCUT2D eigenvalue weighted by atomic mass is 10.2. The summed E-state index contributed by atoms with van der Waals surface area (Å²) in [6.45, 7) is 0. The molecule has 0 radical (unpaired) electrons. The van der Waals surface area contributed by atoms with Crippen LogP contribution in [0.15, 0.2) is 23.6 Å². The molecular weight excluding hydrogens is 190 g/mol. The molecule has 0 unspecified atom stereocenters. The van der Waals surface area contributed by atoms with E-state index >= 15 is 0 Å². The fraction of sp³-hybridized carbons (Fsp3) is 0. The highest BCUT2D eigenvalue weighted by Gasteiger charge is 2.05. The van der Waals surface area contributed by atoms with E-state index in [1.54, 1.807) is 17.4 Å². The van der Waals surface area contributed by atoms with Crippen molar-refractivity contribution in [1.29, 1.82) is 5.26 Å². The van der Waals surface area contributed by atoms with E-state index < -0.39 is 0 Å². The highest BCUT2D eigenvalue weighted by atomic mass is 35.5. The SMILES string of the molecule is N#Cc1c(Cl)ccc2ccsc12. The van der Waals surface area contributed by atoms with Crippen LogP contribution in [0.5, 0.6) is 0 Å². The molecule has 0 aliphatic heterocycles. The first-order valence-electron chi connectivity index (χ1n) is 3.39. The van der Waals surface area contributed by atoms with E-state index in [4.69, 9.17) is 16.9 Å². The van der Waals surface area contributed by atoms with Crippen molar-refractivity contribution in [3.05, 3.63) is 34.2 Å². The van der Waals surface area contributed by atoms with Crippen molar-refractivity contribution < 1.29 is 0 Å². The molecule has 0 aliphatic carbocycles. The maximum atomic E-state index is 8.81. The van der Waals surface area contributed by atoms with Gasteiger partial charge in [0, 0.05) is 0 Å². The second-order valence-electron chi connectivity index (χ2n) is 2.37. The van der Waals surface area contributed by atoms with Crippen LogP contribution in [-0.4, -0.2) is 0 Å². The van der Waals surface area contributed by atoms with Gasteiger partial charge in [-0.2, -0.15) is 5.26 Å². The molecule has 3 heteroatoms. The smallest absolute Gasteiger partial charge is 0.102 e. The van der Waals surface area contributed by atoms with Gasteiger partial charge in [0.15, 0.2) is 0 Å². The number of nitrogens with zero attached hydrogens (tertiary/aromatic N) is 1. The molecule has 0 fully saturated rings. The van der Waals surface area contributed by atoms with Gasteiger partial charge in [0.25, 0.3) is 0 Å². The maximum absolute atomic E-state index is 8.81. The van der Waals surface area contributed by atoms with E-state index in [2.05, 4.69) is 6.07 Å². The Hall–Kier alpha value is -1.04. The Kier molecular flexibility index (Phi) is 1.76. The van der Waals surface area contributed by atoms with Gasteiger partial charge in [0.05, 0.1) is 15.3 Å². The molecule has 12 heavy (non-hydrogen) atoms. The predicted molar refractivity (Wildman–Crippen MR) is 51.6 cm³/mol. The first-order valence-corrected chi connectivity index (χ1v) is 4.64. The van der Waals surface area contributed by atoms with Gasteiger partial charge >= 0.3 is 0 Å². The first kappa shape index (κ1) is 7.60. The Balaban J connectivity index is 2.94. The quantitative estimate of drug-likeness (QED) is 0.629. The third-order valence-corrected chi connectivity index (χ3v) is 2.95. The number of thiophene rings is 1. The number of hydrogen-bond donors (Lipinski definition) is 0. The molecule has 0 spiro atoms. The van der Waals surface area contributed by atoms with Crippen LogP contribution in [0.1, 0.15) is 5.56 Å². The molecule has 0 atom stereocenters. The fourth-order valence-corrected chi connectivity index (χ4v) is 2.26. The lowest BCUT2D eigenvalue weighted by molar-refractivity contribution is 1.51. The summed E-state index contributed by atoms with van der Waals surface area (Å²) in [6.07, 6.45) is 0. The monoisotopic (exact) mass is 193 g/mol. The van der Waals surface area contributed by atoms with E-state index in [9.17, 15) is 0 Å². The van der Waals surface area contributed by atoms with Crippen LogP contribution < -0.4 is 0 Å². The van der Waals surface area contributed by atoms with Gasteiger partial charge in [-0.25, -0.2) is 0 Å². The second kappa shape index (κ2) is 2.78. The van der Waals surface area contributed by atoms with Gasteiger partial charge in [0.2, 0.25) is 0 Å². The van der Waals surface area contributed by atoms with Crippen LogP contribution in [0.2, 0.25) is 5.02 Å². The van der Waals surface area contributed by atoms with Gasteiger partial charge in [-0.3, -0.25) is 0 Å². The summed E-state index contributed by atoms with van der Waals surface area (Å²) in [6, 6.07) is 7.77. The topological polar surface area (TPSA) is 23.8 Å². The highest BCUT2D eigenvalue weighted by Crippen LogP contribution is 2.29. The normalized spacial score (nSPS) is 10.0. The third kappa shape index (κ3) is 0.989. The van der Waals surface area contributed by atoms with Crippen molar-refractivity contribution >= 4 is 33.0 Å². The Labute approximate surface area is 78.8 Å². The summed E-state index contributed by atoms with van der Waals surface area (Å²) in [4.78, 5) is 0. The van der Waals surface area contributed by atoms with Crippen molar-refractivity contribution in [3.8, 4) is 6.07 Å². The Bertz CT molecular complexity index is 467.